The van der Waals surface area contributed by atoms with E-state index in [4.69, 9.17) is 4.74 Å². The Balaban J connectivity index is 2.88. The van der Waals surface area contributed by atoms with E-state index in [2.05, 4.69) is 4.98 Å². The van der Waals surface area contributed by atoms with E-state index in [1.165, 1.54) is 7.11 Å². The van der Waals surface area contributed by atoms with Gasteiger partial charge < -0.3 is 4.74 Å². The molecular weight excluding hydrogens is 247 g/mol. The SMILES string of the molecule is CCCC(OC)C(=O)c1ccc(C(F)(F)F)nc1. The van der Waals surface area contributed by atoms with Gasteiger partial charge in [0.2, 0.25) is 0 Å². The van der Waals surface area contributed by atoms with Gasteiger partial charge in [0.05, 0.1) is 0 Å². The first-order valence-corrected chi connectivity index (χ1v) is 5.50. The summed E-state index contributed by atoms with van der Waals surface area (Å²) < 4.78 is 41.9. The van der Waals surface area contributed by atoms with Crippen LogP contribution in [0.2, 0.25) is 0 Å². The smallest absolute Gasteiger partial charge is 0.373 e. The number of carbonyl (C=O) groups is 1. The largest absolute Gasteiger partial charge is 0.433 e. The van der Waals surface area contributed by atoms with E-state index < -0.39 is 18.0 Å². The standard InChI is InChI=1S/C12H14F3NO2/c1-3-4-9(18-2)11(17)8-5-6-10(16-7-8)12(13,14)15/h5-7,9H,3-4H2,1-2H3. The summed E-state index contributed by atoms with van der Waals surface area (Å²) >= 11 is 0. The Morgan fingerprint density at radius 1 is 1.44 bits per heavy atom. The molecule has 0 aliphatic carbocycles. The van der Waals surface area contributed by atoms with Gasteiger partial charge in [0, 0.05) is 18.9 Å². The van der Waals surface area contributed by atoms with Gasteiger partial charge in [-0.25, -0.2) is 0 Å². The molecule has 0 spiro atoms. The van der Waals surface area contributed by atoms with Crippen molar-refractivity contribution in [3.05, 3.63) is 29.6 Å². The van der Waals surface area contributed by atoms with Crippen molar-refractivity contribution in [3.63, 3.8) is 0 Å². The van der Waals surface area contributed by atoms with Gasteiger partial charge >= 0.3 is 6.18 Å². The van der Waals surface area contributed by atoms with Crippen molar-refractivity contribution < 1.29 is 22.7 Å². The third-order valence-corrected chi connectivity index (χ3v) is 2.47. The Morgan fingerprint density at radius 2 is 2.11 bits per heavy atom. The second kappa shape index (κ2) is 5.95. The van der Waals surface area contributed by atoms with Crippen LogP contribution in [0.1, 0.15) is 35.8 Å². The first kappa shape index (κ1) is 14.6. The van der Waals surface area contributed by atoms with Crippen molar-refractivity contribution in [2.24, 2.45) is 0 Å². The zero-order chi connectivity index (χ0) is 13.8. The number of hydrogen-bond donors (Lipinski definition) is 0. The molecule has 1 rings (SSSR count). The molecule has 0 radical (unpaired) electrons. The van der Waals surface area contributed by atoms with E-state index in [-0.39, 0.29) is 11.3 Å². The fourth-order valence-corrected chi connectivity index (χ4v) is 1.51. The summed E-state index contributed by atoms with van der Waals surface area (Å²) in [4.78, 5) is 15.1. The van der Waals surface area contributed by atoms with Crippen LogP contribution >= 0.6 is 0 Å². The van der Waals surface area contributed by atoms with Crippen molar-refractivity contribution >= 4 is 5.78 Å². The number of nitrogens with zero attached hydrogens (tertiary/aromatic N) is 1. The van der Waals surface area contributed by atoms with Gasteiger partial charge in [-0.05, 0) is 18.6 Å². The van der Waals surface area contributed by atoms with Gasteiger partial charge in [0.15, 0.2) is 5.78 Å². The second-order valence-corrected chi connectivity index (χ2v) is 3.81. The van der Waals surface area contributed by atoms with E-state index in [0.29, 0.717) is 6.42 Å². The van der Waals surface area contributed by atoms with Crippen LogP contribution < -0.4 is 0 Å². The summed E-state index contributed by atoms with van der Waals surface area (Å²) in [6.45, 7) is 1.89. The van der Waals surface area contributed by atoms with Crippen molar-refractivity contribution in [2.75, 3.05) is 7.11 Å². The molecule has 0 saturated heterocycles. The zero-order valence-corrected chi connectivity index (χ0v) is 10.1. The molecule has 3 nitrogen and oxygen atoms in total. The average Bonchev–Trinajstić information content (AvgIpc) is 2.34. The molecule has 1 aromatic heterocycles. The van der Waals surface area contributed by atoms with Crippen LogP contribution in [0.4, 0.5) is 13.2 Å². The lowest BCUT2D eigenvalue weighted by atomic mass is 10.0. The van der Waals surface area contributed by atoms with Crippen molar-refractivity contribution in [1.29, 1.82) is 0 Å². The summed E-state index contributed by atoms with van der Waals surface area (Å²) in [5.41, 5.74) is -0.883. The first-order valence-electron chi connectivity index (χ1n) is 5.50. The fourth-order valence-electron chi connectivity index (χ4n) is 1.51. The second-order valence-electron chi connectivity index (χ2n) is 3.81. The average molecular weight is 261 g/mol. The van der Waals surface area contributed by atoms with Crippen LogP contribution in [0, 0.1) is 0 Å². The van der Waals surface area contributed by atoms with E-state index in [1.54, 1.807) is 0 Å². The molecule has 0 bridgehead atoms. The number of ether oxygens (including phenoxy) is 1. The van der Waals surface area contributed by atoms with Gasteiger partial charge in [0.1, 0.15) is 11.8 Å². The van der Waals surface area contributed by atoms with E-state index >= 15 is 0 Å². The summed E-state index contributed by atoms with van der Waals surface area (Å²) in [7, 11) is 1.40. The first-order chi connectivity index (χ1) is 8.40. The third kappa shape index (κ3) is 3.53. The molecule has 1 aromatic rings. The Labute approximate surface area is 103 Å². The monoisotopic (exact) mass is 261 g/mol. The van der Waals surface area contributed by atoms with Crippen LogP contribution in [0.3, 0.4) is 0 Å². The molecular formula is C12H14F3NO2. The maximum Gasteiger partial charge on any atom is 0.433 e. The van der Waals surface area contributed by atoms with Crippen LogP contribution in [0.15, 0.2) is 18.3 Å². The number of ketones is 1. The maximum absolute atomic E-state index is 12.3. The molecule has 1 atom stereocenters. The van der Waals surface area contributed by atoms with Crippen LogP contribution in [0.25, 0.3) is 0 Å². The summed E-state index contributed by atoms with van der Waals surface area (Å²) in [5.74, 6) is -0.347. The van der Waals surface area contributed by atoms with Gasteiger partial charge in [-0.1, -0.05) is 13.3 Å². The number of aromatic nitrogens is 1. The molecule has 0 amide bonds. The summed E-state index contributed by atoms with van der Waals surface area (Å²) in [6.07, 6.45) is -2.92. The topological polar surface area (TPSA) is 39.2 Å². The molecule has 0 aromatic carbocycles. The number of pyridine rings is 1. The lowest BCUT2D eigenvalue weighted by Gasteiger charge is -2.13. The summed E-state index contributed by atoms with van der Waals surface area (Å²) in [6, 6.07) is 1.92. The van der Waals surface area contributed by atoms with Crippen LogP contribution in [-0.4, -0.2) is 24.0 Å². The normalized spacial score (nSPS) is 13.4. The molecule has 100 valence electrons. The zero-order valence-electron chi connectivity index (χ0n) is 10.1. The number of hydrogen-bond acceptors (Lipinski definition) is 3. The summed E-state index contributed by atoms with van der Waals surface area (Å²) in [5, 5.41) is 0. The number of Topliss-reactive ketones (excluding diaryl/α,β-unsaturated/α-hetero) is 1. The van der Waals surface area contributed by atoms with E-state index in [1.807, 2.05) is 6.92 Å². The lowest BCUT2D eigenvalue weighted by molar-refractivity contribution is -0.141. The molecule has 0 aliphatic heterocycles. The van der Waals surface area contributed by atoms with Gasteiger partial charge in [0.25, 0.3) is 0 Å². The maximum atomic E-state index is 12.3. The molecule has 0 fully saturated rings. The highest BCUT2D eigenvalue weighted by atomic mass is 19.4. The Hall–Kier alpha value is -1.43. The lowest BCUT2D eigenvalue weighted by Crippen LogP contribution is -2.23. The minimum absolute atomic E-state index is 0.128. The molecule has 0 saturated carbocycles. The molecule has 18 heavy (non-hydrogen) atoms. The van der Waals surface area contributed by atoms with Crippen molar-refractivity contribution in [2.45, 2.75) is 32.0 Å². The molecule has 0 N–H and O–H groups in total. The number of alkyl halides is 3. The molecule has 1 unspecified atom stereocenters. The Morgan fingerprint density at radius 3 is 2.50 bits per heavy atom. The molecule has 1 heterocycles. The molecule has 0 aliphatic rings. The predicted octanol–water partition coefficient (Wildman–Crippen LogP) is 3.10. The highest BCUT2D eigenvalue weighted by Gasteiger charge is 2.32. The minimum atomic E-state index is -4.49. The van der Waals surface area contributed by atoms with Crippen molar-refractivity contribution in [3.8, 4) is 0 Å². The highest BCUT2D eigenvalue weighted by Crippen LogP contribution is 2.27. The number of halogens is 3. The van der Waals surface area contributed by atoms with Gasteiger partial charge in [-0.2, -0.15) is 13.2 Å². The van der Waals surface area contributed by atoms with Gasteiger partial charge in [-0.15, -0.1) is 0 Å². The Kier molecular flexibility index (Phi) is 4.84. The highest BCUT2D eigenvalue weighted by molar-refractivity contribution is 5.99. The van der Waals surface area contributed by atoms with E-state index in [9.17, 15) is 18.0 Å². The van der Waals surface area contributed by atoms with E-state index in [0.717, 1.165) is 24.8 Å². The minimum Gasteiger partial charge on any atom is -0.373 e. The van der Waals surface area contributed by atoms with Crippen LogP contribution in [0.5, 0.6) is 0 Å². The third-order valence-electron chi connectivity index (χ3n) is 2.47. The van der Waals surface area contributed by atoms with Crippen molar-refractivity contribution in [1.82, 2.24) is 4.98 Å². The van der Waals surface area contributed by atoms with Gasteiger partial charge in [-0.3, -0.25) is 9.78 Å². The predicted molar refractivity (Wildman–Crippen MR) is 59.3 cm³/mol. The number of methoxy groups -OCH3 is 1. The number of carbonyl (C=O) groups excluding carboxylic acids is 1. The molecule has 6 heteroatoms. The fraction of sp³-hybridized carbons (Fsp3) is 0.500. The number of rotatable bonds is 5. The quantitative estimate of drug-likeness (QED) is 0.764. The Bertz CT molecular complexity index is 401. The van der Waals surface area contributed by atoms with Crippen LogP contribution in [-0.2, 0) is 10.9 Å².